The molecule has 0 aromatic heterocycles. The van der Waals surface area contributed by atoms with Crippen molar-refractivity contribution in [2.75, 3.05) is 19.0 Å². The highest BCUT2D eigenvalue weighted by Gasteiger charge is 2.17. The summed E-state index contributed by atoms with van der Waals surface area (Å²) in [5, 5.41) is 2.51. The highest BCUT2D eigenvalue weighted by Crippen LogP contribution is 2.26. The Kier molecular flexibility index (Phi) is 5.76. The Balaban J connectivity index is 2.02. The van der Waals surface area contributed by atoms with E-state index in [1.807, 2.05) is 0 Å². The van der Waals surface area contributed by atoms with Crippen LogP contribution in [0.15, 0.2) is 47.4 Å². The predicted molar refractivity (Wildman–Crippen MR) is 88.2 cm³/mol. The van der Waals surface area contributed by atoms with E-state index in [0.717, 1.165) is 6.07 Å². The van der Waals surface area contributed by atoms with E-state index in [4.69, 9.17) is 16.3 Å². The summed E-state index contributed by atoms with van der Waals surface area (Å²) < 4.78 is 44.4. The lowest BCUT2D eigenvalue weighted by Gasteiger charge is -2.09. The van der Waals surface area contributed by atoms with Gasteiger partial charge in [-0.25, -0.2) is 17.5 Å². The molecule has 0 bridgehead atoms. The van der Waals surface area contributed by atoms with Gasteiger partial charge in [0, 0.05) is 5.69 Å². The Labute approximate surface area is 143 Å². The second kappa shape index (κ2) is 7.61. The fourth-order valence-corrected chi connectivity index (χ4v) is 3.16. The normalized spacial score (nSPS) is 11.1. The van der Waals surface area contributed by atoms with Crippen molar-refractivity contribution < 1.29 is 22.3 Å². The average Bonchev–Trinajstić information content (AvgIpc) is 2.53. The van der Waals surface area contributed by atoms with Gasteiger partial charge in [0.15, 0.2) is 0 Å². The number of amides is 1. The van der Waals surface area contributed by atoms with Crippen molar-refractivity contribution in [3.05, 3.63) is 53.3 Å². The van der Waals surface area contributed by atoms with Crippen LogP contribution in [0.3, 0.4) is 0 Å². The predicted octanol–water partition coefficient (Wildman–Crippen LogP) is 2.40. The maximum Gasteiger partial charge on any atom is 0.241 e. The molecular weight excluding hydrogens is 359 g/mol. The van der Waals surface area contributed by atoms with E-state index >= 15 is 0 Å². The Bertz CT molecular complexity index is 858. The van der Waals surface area contributed by atoms with Gasteiger partial charge in [0.2, 0.25) is 15.9 Å². The zero-order valence-corrected chi connectivity index (χ0v) is 14.1. The first-order chi connectivity index (χ1) is 11.3. The van der Waals surface area contributed by atoms with Crippen LogP contribution in [-0.4, -0.2) is 28.0 Å². The van der Waals surface area contributed by atoms with Crippen molar-refractivity contribution in [3.8, 4) is 5.75 Å². The Morgan fingerprint density at radius 3 is 2.62 bits per heavy atom. The molecule has 0 saturated heterocycles. The first kappa shape index (κ1) is 18.2. The van der Waals surface area contributed by atoms with Crippen molar-refractivity contribution in [2.24, 2.45) is 0 Å². The zero-order chi connectivity index (χ0) is 17.7. The standard InChI is InChI=1S/C15H14ClFN2O4S/c1-23-14-6-5-12(8-13(14)16)24(21,22)18-9-15(20)19-11-4-2-3-10(17)7-11/h2-8,18H,9H2,1H3,(H,19,20). The van der Waals surface area contributed by atoms with Gasteiger partial charge in [0.1, 0.15) is 11.6 Å². The number of ether oxygens (including phenoxy) is 1. The molecule has 0 aliphatic carbocycles. The molecule has 6 nitrogen and oxygen atoms in total. The summed E-state index contributed by atoms with van der Waals surface area (Å²) >= 11 is 5.89. The third kappa shape index (κ3) is 4.67. The molecule has 0 aliphatic rings. The Hall–Kier alpha value is -2.16. The fourth-order valence-electron chi connectivity index (χ4n) is 1.83. The molecule has 2 aromatic carbocycles. The SMILES string of the molecule is COc1ccc(S(=O)(=O)NCC(=O)Nc2cccc(F)c2)cc1Cl. The molecule has 0 atom stereocenters. The highest BCUT2D eigenvalue weighted by atomic mass is 35.5. The summed E-state index contributed by atoms with van der Waals surface area (Å²) in [5.41, 5.74) is 0.228. The minimum Gasteiger partial charge on any atom is -0.495 e. The molecule has 2 N–H and O–H groups in total. The molecule has 0 radical (unpaired) electrons. The van der Waals surface area contributed by atoms with Crippen LogP contribution in [-0.2, 0) is 14.8 Å². The van der Waals surface area contributed by atoms with Crippen LogP contribution in [0.2, 0.25) is 5.02 Å². The second-order valence-electron chi connectivity index (χ2n) is 4.68. The van der Waals surface area contributed by atoms with E-state index in [1.165, 1.54) is 43.5 Å². The first-order valence-electron chi connectivity index (χ1n) is 6.70. The van der Waals surface area contributed by atoms with Crippen LogP contribution >= 0.6 is 11.6 Å². The molecule has 0 unspecified atom stereocenters. The second-order valence-corrected chi connectivity index (χ2v) is 6.85. The largest absolute Gasteiger partial charge is 0.495 e. The van der Waals surface area contributed by atoms with E-state index in [2.05, 4.69) is 10.0 Å². The number of methoxy groups -OCH3 is 1. The third-order valence-corrected chi connectivity index (χ3v) is 4.66. The zero-order valence-electron chi connectivity index (χ0n) is 12.5. The Morgan fingerprint density at radius 1 is 1.25 bits per heavy atom. The quantitative estimate of drug-likeness (QED) is 0.815. The molecular formula is C15H14ClFN2O4S. The maximum atomic E-state index is 13.0. The molecule has 24 heavy (non-hydrogen) atoms. The lowest BCUT2D eigenvalue weighted by atomic mass is 10.3. The summed E-state index contributed by atoms with van der Waals surface area (Å²) in [6.45, 7) is -0.511. The van der Waals surface area contributed by atoms with Gasteiger partial charge in [-0.15, -0.1) is 0 Å². The smallest absolute Gasteiger partial charge is 0.241 e. The van der Waals surface area contributed by atoms with Crippen LogP contribution in [0.4, 0.5) is 10.1 Å². The van der Waals surface area contributed by atoms with Gasteiger partial charge >= 0.3 is 0 Å². The molecule has 0 aliphatic heterocycles. The number of halogens is 2. The van der Waals surface area contributed by atoms with Gasteiger partial charge in [-0.2, -0.15) is 0 Å². The summed E-state index contributed by atoms with van der Waals surface area (Å²) in [5.74, 6) is -0.815. The number of hydrogen-bond donors (Lipinski definition) is 2. The number of carbonyl (C=O) groups excluding carboxylic acids is 1. The van der Waals surface area contributed by atoms with Crippen LogP contribution in [0.5, 0.6) is 5.75 Å². The highest BCUT2D eigenvalue weighted by molar-refractivity contribution is 7.89. The molecule has 9 heteroatoms. The average molecular weight is 373 g/mol. The van der Waals surface area contributed by atoms with Crippen molar-refractivity contribution in [1.82, 2.24) is 4.72 Å². The summed E-state index contributed by atoms with van der Waals surface area (Å²) in [7, 11) is -2.52. The number of sulfonamides is 1. The third-order valence-electron chi connectivity index (χ3n) is 2.96. The van der Waals surface area contributed by atoms with Gasteiger partial charge in [-0.05, 0) is 36.4 Å². The van der Waals surface area contributed by atoms with Gasteiger partial charge in [-0.3, -0.25) is 4.79 Å². The van der Waals surface area contributed by atoms with Crippen molar-refractivity contribution in [3.63, 3.8) is 0 Å². The van der Waals surface area contributed by atoms with E-state index in [0.29, 0.717) is 5.75 Å². The molecule has 0 spiro atoms. The van der Waals surface area contributed by atoms with Crippen LogP contribution in [0.25, 0.3) is 0 Å². The number of anilines is 1. The maximum absolute atomic E-state index is 13.0. The summed E-state index contributed by atoms with van der Waals surface area (Å²) in [4.78, 5) is 11.7. The number of nitrogens with one attached hydrogen (secondary N) is 2. The molecule has 128 valence electrons. The van der Waals surface area contributed by atoms with Crippen LogP contribution in [0.1, 0.15) is 0 Å². The molecule has 1 amide bonds. The number of rotatable bonds is 6. The summed E-state index contributed by atoms with van der Waals surface area (Å²) in [6, 6.07) is 9.18. The fraction of sp³-hybridized carbons (Fsp3) is 0.133. The number of carbonyl (C=O) groups is 1. The van der Waals surface area contributed by atoms with Gasteiger partial charge in [0.25, 0.3) is 0 Å². The summed E-state index contributed by atoms with van der Waals surface area (Å²) in [6.07, 6.45) is 0. The number of hydrogen-bond acceptors (Lipinski definition) is 4. The van der Waals surface area contributed by atoms with E-state index in [9.17, 15) is 17.6 Å². The minimum absolute atomic E-state index is 0.105. The molecule has 0 saturated carbocycles. The van der Waals surface area contributed by atoms with Crippen LogP contribution in [0, 0.1) is 5.82 Å². The van der Waals surface area contributed by atoms with Crippen LogP contribution < -0.4 is 14.8 Å². The van der Waals surface area contributed by atoms with Crippen molar-refractivity contribution >= 4 is 33.2 Å². The lowest BCUT2D eigenvalue weighted by Crippen LogP contribution is -2.32. The van der Waals surface area contributed by atoms with Crippen molar-refractivity contribution in [2.45, 2.75) is 4.90 Å². The minimum atomic E-state index is -3.93. The molecule has 0 heterocycles. The number of benzene rings is 2. The topological polar surface area (TPSA) is 84.5 Å². The lowest BCUT2D eigenvalue weighted by molar-refractivity contribution is -0.115. The van der Waals surface area contributed by atoms with Crippen molar-refractivity contribution in [1.29, 1.82) is 0 Å². The van der Waals surface area contributed by atoms with Gasteiger partial charge in [-0.1, -0.05) is 17.7 Å². The van der Waals surface area contributed by atoms with E-state index in [1.54, 1.807) is 0 Å². The molecule has 0 fully saturated rings. The molecule has 2 rings (SSSR count). The van der Waals surface area contributed by atoms with Gasteiger partial charge < -0.3 is 10.1 Å². The molecule has 2 aromatic rings. The monoisotopic (exact) mass is 372 g/mol. The van der Waals surface area contributed by atoms with E-state index in [-0.39, 0.29) is 15.6 Å². The first-order valence-corrected chi connectivity index (χ1v) is 8.56. The Morgan fingerprint density at radius 2 is 2.00 bits per heavy atom. The van der Waals surface area contributed by atoms with Gasteiger partial charge in [0.05, 0.1) is 23.6 Å². The van der Waals surface area contributed by atoms with E-state index < -0.39 is 28.3 Å².